The normalized spacial score (nSPS) is 19.6. The number of aryl methyl sites for hydroxylation is 2. The van der Waals surface area contributed by atoms with Crippen molar-refractivity contribution in [1.29, 1.82) is 0 Å². The van der Waals surface area contributed by atoms with Gasteiger partial charge in [0.25, 0.3) is 5.91 Å². The zero-order chi connectivity index (χ0) is 27.6. The Labute approximate surface area is 224 Å². The summed E-state index contributed by atoms with van der Waals surface area (Å²) < 4.78 is 39.7. The van der Waals surface area contributed by atoms with Gasteiger partial charge in [-0.3, -0.25) is 4.79 Å². The lowest BCUT2D eigenvalue weighted by molar-refractivity contribution is -0.0146. The Morgan fingerprint density at radius 2 is 1.74 bits per heavy atom. The maximum absolute atomic E-state index is 13.9. The predicted molar refractivity (Wildman–Crippen MR) is 143 cm³/mol. The molecule has 0 fully saturated rings. The maximum atomic E-state index is 13.9. The standard InChI is InChI=1S/C28H35N3O6S/c1-18-14-31(19(2)16-32)28(33)25-13-9-8-12-24(25)23-11-7-6-10-22(23)17-36-26(18)15-30(5)38(34,35)27-20(3)29-37-21(27)4/h6-13,18-19,26,32H,14-17H2,1-5H3/t18-,19+,26-/m1/s1. The Kier molecular flexibility index (Phi) is 8.37. The molecular weight excluding hydrogens is 506 g/mol. The quantitative estimate of drug-likeness (QED) is 0.507. The zero-order valence-electron chi connectivity index (χ0n) is 22.4. The van der Waals surface area contributed by atoms with E-state index in [2.05, 4.69) is 5.16 Å². The van der Waals surface area contributed by atoms with Gasteiger partial charge in [0.15, 0.2) is 5.76 Å². The molecule has 4 rings (SSSR count). The maximum Gasteiger partial charge on any atom is 0.254 e. The summed E-state index contributed by atoms with van der Waals surface area (Å²) in [5.74, 6) is -0.222. The Hall–Kier alpha value is -3.05. The number of hydrogen-bond acceptors (Lipinski definition) is 7. The molecule has 38 heavy (non-hydrogen) atoms. The molecule has 0 saturated carbocycles. The number of carbonyl (C=O) groups is 1. The van der Waals surface area contributed by atoms with Crippen molar-refractivity contribution < 1.29 is 27.6 Å². The van der Waals surface area contributed by atoms with Gasteiger partial charge in [-0.1, -0.05) is 54.5 Å². The molecule has 1 aliphatic heterocycles. The van der Waals surface area contributed by atoms with Gasteiger partial charge in [-0.05, 0) is 43.5 Å². The molecular formula is C28H35N3O6S. The predicted octanol–water partition coefficient (Wildman–Crippen LogP) is 3.64. The first-order valence-corrected chi connectivity index (χ1v) is 14.1. The number of ether oxygens (including phenoxy) is 1. The molecule has 1 aliphatic rings. The Morgan fingerprint density at radius 3 is 2.37 bits per heavy atom. The lowest BCUT2D eigenvalue weighted by Crippen LogP contribution is -2.47. The number of carbonyl (C=O) groups excluding carboxylic acids is 1. The monoisotopic (exact) mass is 541 g/mol. The Balaban J connectivity index is 1.75. The molecule has 2 aromatic carbocycles. The molecule has 1 aromatic heterocycles. The van der Waals surface area contributed by atoms with Crippen LogP contribution >= 0.6 is 0 Å². The van der Waals surface area contributed by atoms with E-state index in [4.69, 9.17) is 9.26 Å². The summed E-state index contributed by atoms with van der Waals surface area (Å²) in [4.78, 5) is 15.6. The van der Waals surface area contributed by atoms with E-state index in [1.54, 1.807) is 31.7 Å². The first-order valence-electron chi connectivity index (χ1n) is 12.7. The minimum atomic E-state index is -3.90. The summed E-state index contributed by atoms with van der Waals surface area (Å²) in [7, 11) is -2.39. The number of aliphatic hydroxyl groups excluding tert-OH is 1. The van der Waals surface area contributed by atoms with Crippen LogP contribution < -0.4 is 0 Å². The van der Waals surface area contributed by atoms with Gasteiger partial charge in [0, 0.05) is 31.6 Å². The third-order valence-corrected chi connectivity index (χ3v) is 9.24. The fourth-order valence-electron chi connectivity index (χ4n) is 4.90. The molecule has 0 spiro atoms. The molecule has 2 heterocycles. The van der Waals surface area contributed by atoms with Crippen LogP contribution in [0.5, 0.6) is 0 Å². The Bertz CT molecular complexity index is 1380. The van der Waals surface area contributed by atoms with E-state index in [0.717, 1.165) is 16.7 Å². The van der Waals surface area contributed by atoms with Crippen molar-refractivity contribution in [2.24, 2.45) is 5.92 Å². The molecule has 0 bridgehead atoms. The topological polar surface area (TPSA) is 113 Å². The van der Waals surface area contributed by atoms with E-state index < -0.39 is 22.2 Å². The van der Waals surface area contributed by atoms with Gasteiger partial charge >= 0.3 is 0 Å². The lowest BCUT2D eigenvalue weighted by atomic mass is 9.94. The van der Waals surface area contributed by atoms with Gasteiger partial charge in [0.1, 0.15) is 10.6 Å². The average Bonchev–Trinajstić information content (AvgIpc) is 3.25. The van der Waals surface area contributed by atoms with Crippen molar-refractivity contribution in [2.45, 2.75) is 51.3 Å². The highest BCUT2D eigenvalue weighted by Crippen LogP contribution is 2.31. The van der Waals surface area contributed by atoms with Crippen molar-refractivity contribution in [3.63, 3.8) is 0 Å². The summed E-state index contributed by atoms with van der Waals surface area (Å²) >= 11 is 0. The van der Waals surface area contributed by atoms with Crippen LogP contribution in [0.1, 0.15) is 41.2 Å². The molecule has 10 heteroatoms. The van der Waals surface area contributed by atoms with Crippen LogP contribution in [0.25, 0.3) is 11.1 Å². The number of fused-ring (bicyclic) bond motifs is 3. The number of aromatic nitrogens is 1. The molecule has 0 radical (unpaired) electrons. The second kappa shape index (κ2) is 11.4. The molecule has 1 N–H and O–H groups in total. The highest BCUT2D eigenvalue weighted by Gasteiger charge is 2.34. The highest BCUT2D eigenvalue weighted by atomic mass is 32.2. The minimum absolute atomic E-state index is 0.0517. The van der Waals surface area contributed by atoms with Crippen LogP contribution in [-0.4, -0.2) is 72.7 Å². The third kappa shape index (κ3) is 5.40. The third-order valence-electron chi connectivity index (χ3n) is 7.17. The van der Waals surface area contributed by atoms with Crippen molar-refractivity contribution in [1.82, 2.24) is 14.4 Å². The first kappa shape index (κ1) is 28.0. The number of nitrogens with zero attached hydrogens (tertiary/aromatic N) is 3. The molecule has 0 saturated heterocycles. The van der Waals surface area contributed by atoms with Crippen LogP contribution in [0, 0.1) is 19.8 Å². The zero-order valence-corrected chi connectivity index (χ0v) is 23.2. The van der Waals surface area contributed by atoms with Gasteiger partial charge in [-0.25, -0.2) is 8.42 Å². The fraction of sp³-hybridized carbons (Fsp3) is 0.429. The van der Waals surface area contributed by atoms with Crippen LogP contribution in [0.15, 0.2) is 57.9 Å². The number of hydrogen-bond donors (Lipinski definition) is 1. The molecule has 3 aromatic rings. The van der Waals surface area contributed by atoms with Crippen LogP contribution in [0.4, 0.5) is 0 Å². The van der Waals surface area contributed by atoms with Gasteiger partial charge in [0.2, 0.25) is 10.0 Å². The summed E-state index contributed by atoms with van der Waals surface area (Å²) in [6.45, 7) is 7.25. The highest BCUT2D eigenvalue weighted by molar-refractivity contribution is 7.89. The number of sulfonamides is 1. The van der Waals surface area contributed by atoms with Crippen LogP contribution in [-0.2, 0) is 21.4 Å². The number of aliphatic hydroxyl groups is 1. The van der Waals surface area contributed by atoms with E-state index in [1.165, 1.54) is 11.4 Å². The number of benzene rings is 2. The molecule has 204 valence electrons. The summed E-state index contributed by atoms with van der Waals surface area (Å²) in [5, 5.41) is 13.8. The van der Waals surface area contributed by atoms with Gasteiger partial charge in [0.05, 0.1) is 25.4 Å². The van der Waals surface area contributed by atoms with E-state index in [1.807, 2.05) is 49.4 Å². The Morgan fingerprint density at radius 1 is 1.11 bits per heavy atom. The van der Waals surface area contributed by atoms with Crippen molar-refractivity contribution in [2.75, 3.05) is 26.7 Å². The number of likely N-dealkylation sites (N-methyl/N-ethyl adjacent to an activating group) is 1. The molecule has 0 unspecified atom stereocenters. The lowest BCUT2D eigenvalue weighted by Gasteiger charge is -2.35. The van der Waals surface area contributed by atoms with Gasteiger partial charge in [-0.15, -0.1) is 0 Å². The smallest absolute Gasteiger partial charge is 0.254 e. The van der Waals surface area contributed by atoms with Crippen molar-refractivity contribution in [3.05, 3.63) is 71.1 Å². The summed E-state index contributed by atoms with van der Waals surface area (Å²) in [6.07, 6.45) is -0.550. The van der Waals surface area contributed by atoms with Gasteiger partial charge in [-0.2, -0.15) is 4.31 Å². The summed E-state index contributed by atoms with van der Waals surface area (Å²) in [5.41, 5.74) is 3.40. The summed E-state index contributed by atoms with van der Waals surface area (Å²) in [6, 6.07) is 14.7. The fourth-order valence-corrected chi connectivity index (χ4v) is 6.37. The van der Waals surface area contributed by atoms with E-state index in [9.17, 15) is 18.3 Å². The first-order chi connectivity index (χ1) is 18.1. The molecule has 3 atom stereocenters. The molecule has 1 amide bonds. The van der Waals surface area contributed by atoms with Crippen molar-refractivity contribution in [3.8, 4) is 11.1 Å². The number of amides is 1. The van der Waals surface area contributed by atoms with Crippen LogP contribution in [0.3, 0.4) is 0 Å². The second-order valence-electron chi connectivity index (χ2n) is 9.96. The van der Waals surface area contributed by atoms with E-state index in [-0.39, 0.29) is 48.8 Å². The second-order valence-corrected chi connectivity index (χ2v) is 11.9. The van der Waals surface area contributed by atoms with Crippen molar-refractivity contribution >= 4 is 15.9 Å². The minimum Gasteiger partial charge on any atom is -0.394 e. The largest absolute Gasteiger partial charge is 0.394 e. The average molecular weight is 542 g/mol. The SMILES string of the molecule is Cc1noc(C)c1S(=O)(=O)N(C)C[C@H]1OCc2ccccc2-c2ccccc2C(=O)N([C@@H](C)CO)C[C@H]1C. The number of rotatable bonds is 6. The van der Waals surface area contributed by atoms with Crippen LogP contribution in [0.2, 0.25) is 0 Å². The molecule has 9 nitrogen and oxygen atoms in total. The van der Waals surface area contributed by atoms with E-state index in [0.29, 0.717) is 11.3 Å². The van der Waals surface area contributed by atoms with E-state index >= 15 is 0 Å². The van der Waals surface area contributed by atoms with Gasteiger partial charge < -0.3 is 19.3 Å². The molecule has 0 aliphatic carbocycles.